The number of halogens is 1. The summed E-state index contributed by atoms with van der Waals surface area (Å²) in [6.45, 7) is 3.67. The van der Waals surface area contributed by atoms with Gasteiger partial charge in [0.15, 0.2) is 0 Å². The summed E-state index contributed by atoms with van der Waals surface area (Å²) >= 11 is 6.40. The number of nitrogens with zero attached hydrogens (tertiary/aromatic N) is 1. The molecule has 0 amide bonds. The largest absolute Gasteiger partial charge is 0.303 e. The third-order valence-electron chi connectivity index (χ3n) is 3.31. The highest BCUT2D eigenvalue weighted by atomic mass is 35.5. The van der Waals surface area contributed by atoms with Crippen LogP contribution in [0.15, 0.2) is 30.3 Å². The van der Waals surface area contributed by atoms with Crippen LogP contribution in [-0.2, 0) is 0 Å². The van der Waals surface area contributed by atoms with Crippen molar-refractivity contribution in [2.45, 2.75) is 31.1 Å². The van der Waals surface area contributed by atoms with E-state index in [0.29, 0.717) is 0 Å². The average Bonchev–Trinajstić information content (AvgIpc) is 2.38. The van der Waals surface area contributed by atoms with E-state index in [2.05, 4.69) is 29.2 Å². The molecule has 1 saturated heterocycles. The lowest BCUT2D eigenvalue weighted by Gasteiger charge is -2.27. The molecule has 0 saturated carbocycles. The summed E-state index contributed by atoms with van der Waals surface area (Å²) in [5.41, 5.74) is 1.25. The molecule has 1 aliphatic rings. The first kappa shape index (κ1) is 11.9. The van der Waals surface area contributed by atoms with E-state index in [0.717, 1.165) is 13.0 Å². The molecule has 0 bridgehead atoms. The first-order chi connectivity index (χ1) is 7.86. The first-order valence-electron chi connectivity index (χ1n) is 6.27. The first-order valence-corrected chi connectivity index (χ1v) is 6.71. The molecule has 1 unspecified atom stereocenters. The lowest BCUT2D eigenvalue weighted by atomic mass is 10.1. The smallest absolute Gasteiger partial charge is 0.0597 e. The zero-order valence-electron chi connectivity index (χ0n) is 9.74. The summed E-state index contributed by atoms with van der Waals surface area (Å²) in [4.78, 5) is 2.54. The molecule has 1 aromatic carbocycles. The molecule has 0 spiro atoms. The van der Waals surface area contributed by atoms with Gasteiger partial charge in [-0.25, -0.2) is 0 Å². The maximum absolute atomic E-state index is 6.40. The fourth-order valence-electron chi connectivity index (χ4n) is 2.31. The normalized spacial score (nSPS) is 19.6. The van der Waals surface area contributed by atoms with Crippen molar-refractivity contribution >= 4 is 11.6 Å². The Labute approximate surface area is 103 Å². The molecule has 0 N–H and O–H groups in total. The van der Waals surface area contributed by atoms with Crippen LogP contribution in [0.5, 0.6) is 0 Å². The van der Waals surface area contributed by atoms with Crippen LogP contribution in [-0.4, -0.2) is 24.5 Å². The van der Waals surface area contributed by atoms with Crippen molar-refractivity contribution in [3.05, 3.63) is 35.9 Å². The molecule has 0 aromatic heterocycles. The number of alkyl halides is 1. The predicted octanol–water partition coefficient (Wildman–Crippen LogP) is 3.84. The topological polar surface area (TPSA) is 3.24 Å². The molecule has 1 atom stereocenters. The van der Waals surface area contributed by atoms with Gasteiger partial charge in [0.1, 0.15) is 0 Å². The minimum absolute atomic E-state index is 0.170. The van der Waals surface area contributed by atoms with E-state index in [1.807, 2.05) is 6.07 Å². The fourth-order valence-corrected chi connectivity index (χ4v) is 2.55. The van der Waals surface area contributed by atoms with Gasteiger partial charge in [-0.15, -0.1) is 11.6 Å². The van der Waals surface area contributed by atoms with Crippen LogP contribution in [0.4, 0.5) is 0 Å². The number of benzene rings is 1. The molecule has 0 radical (unpaired) electrons. The Morgan fingerprint density at radius 2 is 1.75 bits per heavy atom. The Bertz CT molecular complexity index is 293. The zero-order chi connectivity index (χ0) is 11.2. The van der Waals surface area contributed by atoms with E-state index in [-0.39, 0.29) is 5.38 Å². The lowest BCUT2D eigenvalue weighted by Crippen LogP contribution is -2.31. The summed E-state index contributed by atoms with van der Waals surface area (Å²) in [6.07, 6.45) is 5.18. The Morgan fingerprint density at radius 1 is 1.06 bits per heavy atom. The van der Waals surface area contributed by atoms with Crippen molar-refractivity contribution < 1.29 is 0 Å². The lowest BCUT2D eigenvalue weighted by molar-refractivity contribution is 0.225. The zero-order valence-corrected chi connectivity index (χ0v) is 10.5. The van der Waals surface area contributed by atoms with Crippen molar-refractivity contribution in [2.24, 2.45) is 0 Å². The van der Waals surface area contributed by atoms with Gasteiger partial charge in [-0.2, -0.15) is 0 Å². The van der Waals surface area contributed by atoms with Gasteiger partial charge in [-0.05, 0) is 44.5 Å². The van der Waals surface area contributed by atoms with Gasteiger partial charge in [-0.1, -0.05) is 36.8 Å². The van der Waals surface area contributed by atoms with Gasteiger partial charge in [-0.3, -0.25) is 0 Å². The molecule has 2 heteroatoms. The van der Waals surface area contributed by atoms with Crippen LogP contribution in [0.3, 0.4) is 0 Å². The Balaban J connectivity index is 1.77. The van der Waals surface area contributed by atoms with E-state index in [9.17, 15) is 0 Å². The number of rotatable bonds is 4. The predicted molar refractivity (Wildman–Crippen MR) is 69.9 cm³/mol. The third kappa shape index (κ3) is 3.50. The second-order valence-corrected chi connectivity index (χ2v) is 5.10. The van der Waals surface area contributed by atoms with E-state index in [1.165, 1.54) is 37.9 Å². The Hall–Kier alpha value is -0.530. The molecule has 0 aliphatic carbocycles. The van der Waals surface area contributed by atoms with Gasteiger partial charge in [0.25, 0.3) is 0 Å². The van der Waals surface area contributed by atoms with E-state index >= 15 is 0 Å². The summed E-state index contributed by atoms with van der Waals surface area (Å²) in [7, 11) is 0. The number of hydrogen-bond acceptors (Lipinski definition) is 1. The van der Waals surface area contributed by atoms with Crippen molar-refractivity contribution in [3.63, 3.8) is 0 Å². The molecule has 1 fully saturated rings. The molecular formula is C14H20ClN. The Kier molecular flexibility index (Phi) is 4.68. The van der Waals surface area contributed by atoms with Crippen molar-refractivity contribution in [3.8, 4) is 0 Å². The third-order valence-corrected chi connectivity index (χ3v) is 3.78. The molecule has 16 heavy (non-hydrogen) atoms. The SMILES string of the molecule is ClC(CCN1CCCCC1)c1ccccc1. The monoisotopic (exact) mass is 237 g/mol. The molecule has 1 heterocycles. The standard InChI is InChI=1S/C14H20ClN/c15-14(13-7-3-1-4-8-13)9-12-16-10-5-2-6-11-16/h1,3-4,7-8,14H,2,5-6,9-12H2. The molecule has 1 aliphatic heterocycles. The van der Waals surface area contributed by atoms with Crippen LogP contribution < -0.4 is 0 Å². The highest BCUT2D eigenvalue weighted by Crippen LogP contribution is 2.24. The molecule has 2 rings (SSSR count). The summed E-state index contributed by atoms with van der Waals surface area (Å²) < 4.78 is 0. The van der Waals surface area contributed by atoms with Crippen LogP contribution >= 0.6 is 11.6 Å². The Morgan fingerprint density at radius 3 is 2.44 bits per heavy atom. The van der Waals surface area contributed by atoms with E-state index < -0.39 is 0 Å². The van der Waals surface area contributed by atoms with Gasteiger partial charge >= 0.3 is 0 Å². The molecule has 1 nitrogen and oxygen atoms in total. The van der Waals surface area contributed by atoms with Gasteiger partial charge in [0, 0.05) is 0 Å². The minimum Gasteiger partial charge on any atom is -0.303 e. The summed E-state index contributed by atoms with van der Waals surface area (Å²) in [5.74, 6) is 0. The number of piperidine rings is 1. The van der Waals surface area contributed by atoms with Crippen LogP contribution in [0.1, 0.15) is 36.6 Å². The van der Waals surface area contributed by atoms with Gasteiger partial charge < -0.3 is 4.90 Å². The summed E-state index contributed by atoms with van der Waals surface area (Å²) in [5, 5.41) is 0.170. The average molecular weight is 238 g/mol. The van der Waals surface area contributed by atoms with Crippen LogP contribution in [0, 0.1) is 0 Å². The summed E-state index contributed by atoms with van der Waals surface area (Å²) in [6, 6.07) is 10.4. The van der Waals surface area contributed by atoms with Crippen LogP contribution in [0.2, 0.25) is 0 Å². The van der Waals surface area contributed by atoms with E-state index in [4.69, 9.17) is 11.6 Å². The fraction of sp³-hybridized carbons (Fsp3) is 0.571. The van der Waals surface area contributed by atoms with Crippen molar-refractivity contribution in [1.82, 2.24) is 4.90 Å². The van der Waals surface area contributed by atoms with Gasteiger partial charge in [0.05, 0.1) is 5.38 Å². The van der Waals surface area contributed by atoms with E-state index in [1.54, 1.807) is 0 Å². The molecule has 88 valence electrons. The molecule has 1 aromatic rings. The second-order valence-electron chi connectivity index (χ2n) is 4.57. The second kappa shape index (κ2) is 6.27. The highest BCUT2D eigenvalue weighted by Gasteiger charge is 2.13. The number of hydrogen-bond donors (Lipinski definition) is 0. The number of likely N-dealkylation sites (tertiary alicyclic amines) is 1. The highest BCUT2D eigenvalue weighted by molar-refractivity contribution is 6.20. The van der Waals surface area contributed by atoms with Crippen LogP contribution in [0.25, 0.3) is 0 Å². The van der Waals surface area contributed by atoms with Gasteiger partial charge in [0.2, 0.25) is 0 Å². The van der Waals surface area contributed by atoms with Crippen molar-refractivity contribution in [2.75, 3.05) is 19.6 Å². The maximum atomic E-state index is 6.40. The minimum atomic E-state index is 0.170. The maximum Gasteiger partial charge on any atom is 0.0597 e. The molecular weight excluding hydrogens is 218 g/mol. The quantitative estimate of drug-likeness (QED) is 0.720. The van der Waals surface area contributed by atoms with Crippen molar-refractivity contribution in [1.29, 1.82) is 0 Å².